The average molecular weight is 371 g/mol. The van der Waals surface area contributed by atoms with Gasteiger partial charge in [0.05, 0.1) is 26.9 Å². The lowest BCUT2D eigenvalue weighted by molar-refractivity contribution is -0.384. The first-order chi connectivity index (χ1) is 9.88. The third kappa shape index (κ3) is 3.56. The summed E-state index contributed by atoms with van der Waals surface area (Å²) < 4.78 is 0.645. The molecule has 8 heteroatoms. The van der Waals surface area contributed by atoms with Crippen LogP contribution >= 0.6 is 27.5 Å². The SMILES string of the molecule is Cc1nc(Br)ccc1NC(=O)c1cc([N+](=O)[O-])ccc1Cl. The van der Waals surface area contributed by atoms with Gasteiger partial charge in [-0.05, 0) is 41.1 Å². The van der Waals surface area contributed by atoms with E-state index < -0.39 is 10.8 Å². The zero-order valence-electron chi connectivity index (χ0n) is 10.8. The number of aromatic nitrogens is 1. The molecular weight excluding hydrogens is 362 g/mol. The Kier molecular flexibility index (Phi) is 4.54. The van der Waals surface area contributed by atoms with Crippen LogP contribution in [0.5, 0.6) is 0 Å². The molecule has 0 aliphatic carbocycles. The molecule has 1 amide bonds. The topological polar surface area (TPSA) is 85.1 Å². The summed E-state index contributed by atoms with van der Waals surface area (Å²) in [6.07, 6.45) is 0. The van der Waals surface area contributed by atoms with Gasteiger partial charge in [0.15, 0.2) is 0 Å². The van der Waals surface area contributed by atoms with Crippen molar-refractivity contribution in [3.63, 3.8) is 0 Å². The second kappa shape index (κ2) is 6.19. The van der Waals surface area contributed by atoms with Crippen molar-refractivity contribution >= 4 is 44.8 Å². The Morgan fingerprint density at radius 1 is 1.38 bits per heavy atom. The van der Waals surface area contributed by atoms with Crippen molar-refractivity contribution < 1.29 is 9.72 Å². The molecule has 21 heavy (non-hydrogen) atoms. The van der Waals surface area contributed by atoms with Crippen LogP contribution in [0.25, 0.3) is 0 Å². The van der Waals surface area contributed by atoms with E-state index in [4.69, 9.17) is 11.6 Å². The van der Waals surface area contributed by atoms with Crippen LogP contribution < -0.4 is 5.32 Å². The van der Waals surface area contributed by atoms with Gasteiger partial charge in [0.1, 0.15) is 4.60 Å². The standard InChI is InChI=1S/C13H9BrClN3O3/c1-7-11(4-5-12(14)16-7)17-13(19)9-6-8(18(20)21)2-3-10(9)15/h2-6H,1H3,(H,17,19). The van der Waals surface area contributed by atoms with E-state index in [0.29, 0.717) is 16.0 Å². The van der Waals surface area contributed by atoms with E-state index in [2.05, 4.69) is 26.2 Å². The zero-order chi connectivity index (χ0) is 15.6. The molecule has 1 N–H and O–H groups in total. The van der Waals surface area contributed by atoms with Crippen LogP contribution in [0, 0.1) is 17.0 Å². The van der Waals surface area contributed by atoms with Gasteiger partial charge in [-0.25, -0.2) is 4.98 Å². The van der Waals surface area contributed by atoms with E-state index >= 15 is 0 Å². The first-order valence-electron chi connectivity index (χ1n) is 5.77. The van der Waals surface area contributed by atoms with Crippen LogP contribution in [0.2, 0.25) is 5.02 Å². The van der Waals surface area contributed by atoms with E-state index in [1.165, 1.54) is 12.1 Å². The molecule has 0 atom stereocenters. The fraction of sp³-hybridized carbons (Fsp3) is 0.0769. The minimum absolute atomic E-state index is 0.0354. The van der Waals surface area contributed by atoms with Crippen LogP contribution in [0.1, 0.15) is 16.1 Å². The second-order valence-corrected chi connectivity index (χ2v) is 5.36. The van der Waals surface area contributed by atoms with Gasteiger partial charge in [-0.1, -0.05) is 11.6 Å². The van der Waals surface area contributed by atoms with Gasteiger partial charge >= 0.3 is 0 Å². The fourth-order valence-electron chi connectivity index (χ4n) is 1.65. The van der Waals surface area contributed by atoms with Crippen LogP contribution in [0.4, 0.5) is 11.4 Å². The number of nitrogens with one attached hydrogen (secondary N) is 1. The number of aryl methyl sites for hydroxylation is 1. The first-order valence-corrected chi connectivity index (χ1v) is 6.94. The lowest BCUT2D eigenvalue weighted by Crippen LogP contribution is -2.14. The molecule has 1 aromatic heterocycles. The van der Waals surface area contributed by atoms with E-state index in [0.717, 1.165) is 6.07 Å². The highest BCUT2D eigenvalue weighted by Crippen LogP contribution is 2.24. The van der Waals surface area contributed by atoms with Crippen molar-refractivity contribution in [1.82, 2.24) is 4.98 Å². The summed E-state index contributed by atoms with van der Waals surface area (Å²) in [5, 5.41) is 13.5. The van der Waals surface area contributed by atoms with Crippen LogP contribution in [0.15, 0.2) is 34.9 Å². The molecule has 108 valence electrons. The number of non-ortho nitro benzene ring substituents is 1. The summed E-state index contributed by atoms with van der Waals surface area (Å²) in [5.41, 5.74) is 0.952. The van der Waals surface area contributed by atoms with Crippen molar-refractivity contribution in [2.24, 2.45) is 0 Å². The third-order valence-corrected chi connectivity index (χ3v) is 3.48. The monoisotopic (exact) mass is 369 g/mol. The van der Waals surface area contributed by atoms with Crippen molar-refractivity contribution in [2.75, 3.05) is 5.32 Å². The molecule has 0 radical (unpaired) electrons. The average Bonchev–Trinajstić information content (AvgIpc) is 2.42. The third-order valence-electron chi connectivity index (χ3n) is 2.71. The predicted octanol–water partition coefficient (Wildman–Crippen LogP) is 3.97. The molecular formula is C13H9BrClN3O3. The summed E-state index contributed by atoms with van der Waals surface area (Å²) in [6.45, 7) is 1.73. The minimum atomic E-state index is -0.584. The predicted molar refractivity (Wildman–Crippen MR) is 82.7 cm³/mol. The summed E-state index contributed by atoms with van der Waals surface area (Å²) >= 11 is 9.15. The number of nitrogens with zero attached hydrogens (tertiary/aromatic N) is 2. The van der Waals surface area contributed by atoms with Gasteiger partial charge in [0.2, 0.25) is 0 Å². The summed E-state index contributed by atoms with van der Waals surface area (Å²) in [4.78, 5) is 26.5. The highest BCUT2D eigenvalue weighted by Gasteiger charge is 2.16. The second-order valence-electron chi connectivity index (χ2n) is 4.14. The van der Waals surface area contributed by atoms with E-state index in [-0.39, 0.29) is 16.3 Å². The largest absolute Gasteiger partial charge is 0.320 e. The van der Waals surface area contributed by atoms with Crippen LogP contribution in [-0.4, -0.2) is 15.8 Å². The molecule has 0 spiro atoms. The molecule has 0 unspecified atom stereocenters. The highest BCUT2D eigenvalue weighted by molar-refractivity contribution is 9.10. The maximum Gasteiger partial charge on any atom is 0.270 e. The number of nitro groups is 1. The van der Waals surface area contributed by atoms with Gasteiger partial charge in [0, 0.05) is 12.1 Å². The van der Waals surface area contributed by atoms with E-state index in [1.54, 1.807) is 19.1 Å². The molecule has 0 saturated carbocycles. The fourth-order valence-corrected chi connectivity index (χ4v) is 2.25. The number of pyridine rings is 1. The molecule has 2 aromatic rings. The molecule has 1 aromatic carbocycles. The molecule has 0 saturated heterocycles. The molecule has 6 nitrogen and oxygen atoms in total. The molecule has 2 rings (SSSR count). The van der Waals surface area contributed by atoms with Crippen molar-refractivity contribution in [1.29, 1.82) is 0 Å². The quantitative estimate of drug-likeness (QED) is 0.503. The lowest BCUT2D eigenvalue weighted by Gasteiger charge is -2.09. The number of carbonyl (C=O) groups excluding carboxylic acids is 1. The Hall–Kier alpha value is -1.99. The lowest BCUT2D eigenvalue weighted by atomic mass is 10.2. The number of nitro benzene ring substituents is 1. The maximum atomic E-state index is 12.2. The Balaban J connectivity index is 2.32. The van der Waals surface area contributed by atoms with Crippen LogP contribution in [0.3, 0.4) is 0 Å². The van der Waals surface area contributed by atoms with Gasteiger partial charge < -0.3 is 5.32 Å². The number of anilines is 1. The van der Waals surface area contributed by atoms with Gasteiger partial charge in [-0.3, -0.25) is 14.9 Å². The first kappa shape index (κ1) is 15.4. The number of hydrogen-bond donors (Lipinski definition) is 1. The number of rotatable bonds is 3. The van der Waals surface area contributed by atoms with E-state index in [1.807, 2.05) is 0 Å². The van der Waals surface area contributed by atoms with Crippen LogP contribution in [-0.2, 0) is 0 Å². The van der Waals surface area contributed by atoms with Gasteiger partial charge in [0.25, 0.3) is 11.6 Å². The number of hydrogen-bond acceptors (Lipinski definition) is 4. The Morgan fingerprint density at radius 2 is 2.10 bits per heavy atom. The smallest absolute Gasteiger partial charge is 0.270 e. The van der Waals surface area contributed by atoms with Gasteiger partial charge in [-0.15, -0.1) is 0 Å². The molecule has 0 aliphatic rings. The number of halogens is 2. The number of amides is 1. The number of benzene rings is 1. The summed E-state index contributed by atoms with van der Waals surface area (Å²) in [7, 11) is 0. The Morgan fingerprint density at radius 3 is 2.71 bits per heavy atom. The summed E-state index contributed by atoms with van der Waals surface area (Å²) in [5.74, 6) is -0.532. The number of carbonyl (C=O) groups is 1. The maximum absolute atomic E-state index is 12.2. The molecule has 1 heterocycles. The highest BCUT2D eigenvalue weighted by atomic mass is 79.9. The van der Waals surface area contributed by atoms with Crippen molar-refractivity contribution in [3.05, 3.63) is 61.3 Å². The minimum Gasteiger partial charge on any atom is -0.320 e. The van der Waals surface area contributed by atoms with E-state index in [9.17, 15) is 14.9 Å². The molecule has 0 aliphatic heterocycles. The Bertz CT molecular complexity index is 737. The molecule has 0 fully saturated rings. The molecule has 0 bridgehead atoms. The van der Waals surface area contributed by atoms with Crippen molar-refractivity contribution in [3.8, 4) is 0 Å². The van der Waals surface area contributed by atoms with Gasteiger partial charge in [-0.2, -0.15) is 0 Å². The summed E-state index contributed by atoms with van der Waals surface area (Å²) in [6, 6.07) is 7.05. The normalized spacial score (nSPS) is 10.2. The zero-order valence-corrected chi connectivity index (χ0v) is 13.1. The van der Waals surface area contributed by atoms with Crippen molar-refractivity contribution in [2.45, 2.75) is 6.92 Å². The Labute approximate surface area is 133 Å².